The highest BCUT2D eigenvalue weighted by Gasteiger charge is 2.32. The first-order valence-corrected chi connectivity index (χ1v) is 11.5. The number of nitrogens with zero attached hydrogens (tertiary/aromatic N) is 1. The molecule has 2 N–H and O–H groups in total. The Morgan fingerprint density at radius 2 is 1.58 bits per heavy atom. The SMILES string of the molecule is COc1ccc(/C=C/C(=O)Oc2ccc3c(c2)OC(N)=C(C#N)C3c2cc(OC)c(OC)c(OC)c2)cc1. The maximum Gasteiger partial charge on any atom is 0.336 e. The van der Waals surface area contributed by atoms with Gasteiger partial charge in [0.15, 0.2) is 11.5 Å². The molecular formula is C29H26N2O7. The van der Waals surface area contributed by atoms with Crippen LogP contribution in [0.15, 0.2) is 72.1 Å². The second-order valence-corrected chi connectivity index (χ2v) is 8.11. The van der Waals surface area contributed by atoms with Gasteiger partial charge in [0.05, 0.1) is 34.4 Å². The number of carbonyl (C=O) groups is 1. The monoisotopic (exact) mass is 514 g/mol. The van der Waals surface area contributed by atoms with E-state index in [9.17, 15) is 10.1 Å². The lowest BCUT2D eigenvalue weighted by Crippen LogP contribution is -2.21. The third-order valence-electron chi connectivity index (χ3n) is 5.96. The maximum absolute atomic E-state index is 12.4. The molecule has 1 aliphatic rings. The molecule has 0 aliphatic carbocycles. The molecule has 9 heteroatoms. The maximum atomic E-state index is 12.4. The first-order valence-electron chi connectivity index (χ1n) is 11.5. The summed E-state index contributed by atoms with van der Waals surface area (Å²) >= 11 is 0. The number of rotatable bonds is 8. The normalized spacial score (nSPS) is 14.2. The van der Waals surface area contributed by atoms with E-state index < -0.39 is 11.9 Å². The van der Waals surface area contributed by atoms with Crippen LogP contribution in [0.2, 0.25) is 0 Å². The molecule has 9 nitrogen and oxygen atoms in total. The van der Waals surface area contributed by atoms with Crippen LogP contribution in [-0.2, 0) is 4.79 Å². The number of carbonyl (C=O) groups excluding carboxylic acids is 1. The minimum atomic E-state index is -0.586. The smallest absolute Gasteiger partial charge is 0.336 e. The summed E-state index contributed by atoms with van der Waals surface area (Å²) in [6, 6.07) is 17.8. The molecule has 38 heavy (non-hydrogen) atoms. The van der Waals surface area contributed by atoms with E-state index in [0.717, 1.165) is 11.3 Å². The van der Waals surface area contributed by atoms with Gasteiger partial charge in [0.1, 0.15) is 28.9 Å². The van der Waals surface area contributed by atoms with Crippen LogP contribution in [0.3, 0.4) is 0 Å². The Hall–Kier alpha value is -5.10. The predicted molar refractivity (Wildman–Crippen MR) is 140 cm³/mol. The summed E-state index contributed by atoms with van der Waals surface area (Å²) in [6.45, 7) is 0. The summed E-state index contributed by atoms with van der Waals surface area (Å²) in [5, 5.41) is 9.89. The summed E-state index contributed by atoms with van der Waals surface area (Å²) in [5.74, 6) is 1.40. The fraction of sp³-hybridized carbons (Fsp3) is 0.172. The number of esters is 1. The Morgan fingerprint density at radius 1 is 0.921 bits per heavy atom. The molecule has 3 aromatic rings. The van der Waals surface area contributed by atoms with Gasteiger partial charge in [-0.1, -0.05) is 18.2 Å². The van der Waals surface area contributed by atoms with Gasteiger partial charge in [-0.25, -0.2) is 4.79 Å². The molecule has 194 valence electrons. The predicted octanol–water partition coefficient (Wildman–Crippen LogP) is 4.56. The van der Waals surface area contributed by atoms with E-state index >= 15 is 0 Å². The van der Waals surface area contributed by atoms with Crippen molar-refractivity contribution in [1.82, 2.24) is 0 Å². The van der Waals surface area contributed by atoms with Gasteiger partial charge < -0.3 is 34.2 Å². The second-order valence-electron chi connectivity index (χ2n) is 8.11. The summed E-state index contributed by atoms with van der Waals surface area (Å²) < 4.78 is 32.7. The summed E-state index contributed by atoms with van der Waals surface area (Å²) in [4.78, 5) is 12.4. The number of methoxy groups -OCH3 is 4. The molecular weight excluding hydrogens is 488 g/mol. The largest absolute Gasteiger partial charge is 0.497 e. The van der Waals surface area contributed by atoms with Crippen molar-refractivity contribution in [1.29, 1.82) is 5.26 Å². The Balaban J connectivity index is 1.64. The lowest BCUT2D eigenvalue weighted by atomic mass is 9.83. The zero-order valence-corrected chi connectivity index (χ0v) is 21.3. The first-order chi connectivity index (χ1) is 18.4. The van der Waals surface area contributed by atoms with E-state index in [1.54, 1.807) is 55.7 Å². The number of benzene rings is 3. The van der Waals surface area contributed by atoms with E-state index in [4.69, 9.17) is 34.2 Å². The molecule has 0 saturated carbocycles. The molecule has 0 fully saturated rings. The minimum absolute atomic E-state index is 0.0540. The molecule has 1 aliphatic heterocycles. The van der Waals surface area contributed by atoms with Crippen molar-refractivity contribution in [2.45, 2.75) is 5.92 Å². The molecule has 0 spiro atoms. The number of hydrogen-bond acceptors (Lipinski definition) is 9. The minimum Gasteiger partial charge on any atom is -0.497 e. The van der Waals surface area contributed by atoms with E-state index in [2.05, 4.69) is 6.07 Å². The molecule has 3 aromatic carbocycles. The molecule has 0 amide bonds. The Morgan fingerprint density at radius 3 is 2.16 bits per heavy atom. The van der Waals surface area contributed by atoms with Gasteiger partial charge in [-0.15, -0.1) is 0 Å². The summed E-state index contributed by atoms with van der Waals surface area (Å²) in [7, 11) is 6.12. The Bertz CT molecular complexity index is 1430. The molecule has 0 aromatic heterocycles. The zero-order chi connectivity index (χ0) is 27.2. The van der Waals surface area contributed by atoms with Crippen molar-refractivity contribution in [3.63, 3.8) is 0 Å². The van der Waals surface area contributed by atoms with Crippen LogP contribution in [0.1, 0.15) is 22.6 Å². The molecule has 1 atom stereocenters. The highest BCUT2D eigenvalue weighted by molar-refractivity contribution is 5.88. The van der Waals surface area contributed by atoms with E-state index in [1.165, 1.54) is 27.4 Å². The van der Waals surface area contributed by atoms with Crippen molar-refractivity contribution in [3.05, 3.63) is 88.8 Å². The van der Waals surface area contributed by atoms with Crippen LogP contribution in [0.25, 0.3) is 6.08 Å². The van der Waals surface area contributed by atoms with Crippen molar-refractivity contribution < 1.29 is 33.2 Å². The van der Waals surface area contributed by atoms with Gasteiger partial charge in [-0.2, -0.15) is 5.26 Å². The molecule has 0 radical (unpaired) electrons. The van der Waals surface area contributed by atoms with E-state index in [-0.39, 0.29) is 17.2 Å². The average molecular weight is 515 g/mol. The van der Waals surface area contributed by atoms with Crippen molar-refractivity contribution >= 4 is 12.0 Å². The third-order valence-corrected chi connectivity index (χ3v) is 5.96. The van der Waals surface area contributed by atoms with Crippen molar-refractivity contribution in [3.8, 4) is 40.6 Å². The molecule has 1 heterocycles. The van der Waals surface area contributed by atoms with Crippen LogP contribution >= 0.6 is 0 Å². The number of nitrogens with two attached hydrogens (primary N) is 1. The van der Waals surface area contributed by atoms with E-state index in [0.29, 0.717) is 34.1 Å². The van der Waals surface area contributed by atoms with Gasteiger partial charge in [0.2, 0.25) is 11.6 Å². The number of hydrogen-bond donors (Lipinski definition) is 1. The zero-order valence-electron chi connectivity index (χ0n) is 21.3. The molecule has 0 saturated heterocycles. The van der Waals surface area contributed by atoms with Crippen LogP contribution < -0.4 is 34.2 Å². The van der Waals surface area contributed by atoms with Gasteiger partial charge in [0, 0.05) is 17.7 Å². The van der Waals surface area contributed by atoms with Crippen LogP contribution in [-0.4, -0.2) is 34.4 Å². The van der Waals surface area contributed by atoms with E-state index in [1.807, 2.05) is 12.1 Å². The van der Waals surface area contributed by atoms with Crippen molar-refractivity contribution in [2.75, 3.05) is 28.4 Å². The average Bonchev–Trinajstić information content (AvgIpc) is 2.94. The fourth-order valence-corrected chi connectivity index (χ4v) is 4.14. The van der Waals surface area contributed by atoms with Crippen LogP contribution in [0.5, 0.6) is 34.5 Å². The quantitative estimate of drug-likeness (QED) is 0.262. The Kier molecular flexibility index (Phi) is 7.73. The number of allylic oxidation sites excluding steroid dienone is 1. The van der Waals surface area contributed by atoms with Crippen LogP contribution in [0.4, 0.5) is 0 Å². The number of ether oxygens (including phenoxy) is 6. The molecule has 1 unspecified atom stereocenters. The number of nitriles is 1. The lowest BCUT2D eigenvalue weighted by Gasteiger charge is -2.27. The third kappa shape index (κ3) is 5.20. The number of fused-ring (bicyclic) bond motifs is 1. The van der Waals surface area contributed by atoms with Crippen molar-refractivity contribution in [2.24, 2.45) is 5.73 Å². The van der Waals surface area contributed by atoms with Gasteiger partial charge >= 0.3 is 5.97 Å². The summed E-state index contributed by atoms with van der Waals surface area (Å²) in [5.41, 5.74) is 8.49. The van der Waals surface area contributed by atoms with Gasteiger partial charge in [-0.3, -0.25) is 0 Å². The first kappa shape index (κ1) is 26.0. The van der Waals surface area contributed by atoms with Gasteiger partial charge in [0.25, 0.3) is 0 Å². The van der Waals surface area contributed by atoms with Gasteiger partial charge in [-0.05, 0) is 47.5 Å². The highest BCUT2D eigenvalue weighted by Crippen LogP contribution is 2.47. The summed E-state index contributed by atoms with van der Waals surface area (Å²) in [6.07, 6.45) is 2.96. The standard InChI is InChI=1S/C29H26N2O7/c1-33-19-8-5-17(6-9-19)7-12-26(32)37-20-10-11-21-23(15-20)38-29(31)22(16-30)27(21)18-13-24(34-2)28(36-4)25(14-18)35-3/h5-15,27H,31H2,1-4H3/b12-7+. The fourth-order valence-electron chi connectivity index (χ4n) is 4.14. The lowest BCUT2D eigenvalue weighted by molar-refractivity contribution is -0.128. The topological polar surface area (TPSA) is 122 Å². The molecule has 4 rings (SSSR count). The Labute approximate surface area is 220 Å². The molecule has 0 bridgehead atoms. The highest BCUT2D eigenvalue weighted by atomic mass is 16.5. The van der Waals surface area contributed by atoms with Crippen LogP contribution in [0, 0.1) is 11.3 Å². The second kappa shape index (κ2) is 11.3.